The molecule has 2 N–H and O–H groups in total. The molecule has 19 heavy (non-hydrogen) atoms. The van der Waals surface area contributed by atoms with E-state index in [0.29, 0.717) is 6.42 Å². The SMILES string of the molecule is CNCCCN1C(=O)CCc2cc(CNC)ccc21. The van der Waals surface area contributed by atoms with Crippen molar-refractivity contribution in [2.45, 2.75) is 25.8 Å². The number of carbonyl (C=O) groups excluding carboxylic acids is 1. The minimum absolute atomic E-state index is 0.255. The standard InChI is InChI=1S/C15H23N3O/c1-16-8-3-9-18-14-6-4-12(11-17-2)10-13(14)5-7-15(18)19/h4,6,10,16-17H,3,5,7-9,11H2,1-2H3. The highest BCUT2D eigenvalue weighted by molar-refractivity contribution is 5.96. The lowest BCUT2D eigenvalue weighted by Crippen LogP contribution is -2.36. The molecule has 0 saturated carbocycles. The molecule has 0 aliphatic carbocycles. The van der Waals surface area contributed by atoms with E-state index in [-0.39, 0.29) is 5.91 Å². The summed E-state index contributed by atoms with van der Waals surface area (Å²) in [6.45, 7) is 2.62. The maximum absolute atomic E-state index is 12.1. The van der Waals surface area contributed by atoms with E-state index < -0.39 is 0 Å². The number of anilines is 1. The second-order valence-electron chi connectivity index (χ2n) is 5.00. The van der Waals surface area contributed by atoms with Crippen molar-refractivity contribution in [2.24, 2.45) is 0 Å². The average molecular weight is 261 g/mol. The van der Waals surface area contributed by atoms with Gasteiger partial charge in [0.15, 0.2) is 0 Å². The summed E-state index contributed by atoms with van der Waals surface area (Å²) in [7, 11) is 3.89. The van der Waals surface area contributed by atoms with Crippen LogP contribution in [0.4, 0.5) is 5.69 Å². The Morgan fingerprint density at radius 3 is 2.79 bits per heavy atom. The number of nitrogens with one attached hydrogen (secondary N) is 2. The van der Waals surface area contributed by atoms with Crippen molar-refractivity contribution in [1.29, 1.82) is 0 Å². The molecule has 1 aromatic carbocycles. The van der Waals surface area contributed by atoms with Crippen LogP contribution >= 0.6 is 0 Å². The summed E-state index contributed by atoms with van der Waals surface area (Å²) >= 11 is 0. The normalized spacial score (nSPS) is 14.6. The minimum Gasteiger partial charge on any atom is -0.320 e. The van der Waals surface area contributed by atoms with Gasteiger partial charge in [-0.05, 0) is 50.7 Å². The minimum atomic E-state index is 0.255. The molecular formula is C15H23N3O. The topological polar surface area (TPSA) is 44.4 Å². The summed E-state index contributed by atoms with van der Waals surface area (Å²) in [5, 5.41) is 6.29. The molecule has 104 valence electrons. The van der Waals surface area contributed by atoms with E-state index in [1.54, 1.807) is 0 Å². The van der Waals surface area contributed by atoms with E-state index in [1.165, 1.54) is 11.1 Å². The Labute approximate surface area is 115 Å². The zero-order valence-electron chi connectivity index (χ0n) is 11.8. The molecule has 4 heteroatoms. The number of rotatable bonds is 6. The molecule has 1 aromatic rings. The fraction of sp³-hybridized carbons (Fsp3) is 0.533. The molecule has 0 spiro atoms. The number of fused-ring (bicyclic) bond motifs is 1. The van der Waals surface area contributed by atoms with Crippen LogP contribution in [-0.2, 0) is 17.8 Å². The first-order valence-corrected chi connectivity index (χ1v) is 6.97. The second kappa shape index (κ2) is 6.68. The highest BCUT2D eigenvalue weighted by Crippen LogP contribution is 2.28. The third-order valence-corrected chi connectivity index (χ3v) is 3.53. The molecule has 0 fully saturated rings. The first kappa shape index (κ1) is 14.0. The van der Waals surface area contributed by atoms with Crippen molar-refractivity contribution in [3.63, 3.8) is 0 Å². The van der Waals surface area contributed by atoms with Gasteiger partial charge in [-0.15, -0.1) is 0 Å². The van der Waals surface area contributed by atoms with Crippen molar-refractivity contribution in [1.82, 2.24) is 10.6 Å². The third kappa shape index (κ3) is 3.33. The second-order valence-corrected chi connectivity index (χ2v) is 5.00. The molecule has 0 aromatic heterocycles. The van der Waals surface area contributed by atoms with Crippen molar-refractivity contribution in [3.8, 4) is 0 Å². The lowest BCUT2D eigenvalue weighted by molar-refractivity contribution is -0.118. The van der Waals surface area contributed by atoms with Gasteiger partial charge in [0.25, 0.3) is 0 Å². The summed E-state index contributed by atoms with van der Waals surface area (Å²) in [5.41, 5.74) is 3.69. The van der Waals surface area contributed by atoms with Crippen LogP contribution in [0.1, 0.15) is 24.0 Å². The van der Waals surface area contributed by atoms with E-state index in [0.717, 1.165) is 38.2 Å². The maximum atomic E-state index is 12.1. The van der Waals surface area contributed by atoms with Crippen LogP contribution in [0.3, 0.4) is 0 Å². The van der Waals surface area contributed by atoms with Crippen LogP contribution in [0.2, 0.25) is 0 Å². The summed E-state index contributed by atoms with van der Waals surface area (Å²) in [6, 6.07) is 6.43. The number of benzene rings is 1. The Bertz CT molecular complexity index is 445. The molecule has 1 amide bonds. The van der Waals surface area contributed by atoms with Gasteiger partial charge in [0, 0.05) is 25.2 Å². The lowest BCUT2D eigenvalue weighted by atomic mass is 9.98. The van der Waals surface area contributed by atoms with Gasteiger partial charge in [-0.2, -0.15) is 0 Å². The van der Waals surface area contributed by atoms with E-state index >= 15 is 0 Å². The Morgan fingerprint density at radius 2 is 2.05 bits per heavy atom. The Morgan fingerprint density at radius 1 is 1.21 bits per heavy atom. The molecule has 1 aliphatic heterocycles. The highest BCUT2D eigenvalue weighted by Gasteiger charge is 2.23. The summed E-state index contributed by atoms with van der Waals surface area (Å²) in [4.78, 5) is 14.0. The predicted molar refractivity (Wildman–Crippen MR) is 78.4 cm³/mol. The summed E-state index contributed by atoms with van der Waals surface area (Å²) in [5.74, 6) is 0.255. The number of amides is 1. The molecule has 0 saturated heterocycles. The summed E-state index contributed by atoms with van der Waals surface area (Å²) < 4.78 is 0. The molecule has 2 rings (SSSR count). The van der Waals surface area contributed by atoms with Crippen LogP contribution in [0.15, 0.2) is 18.2 Å². The van der Waals surface area contributed by atoms with Gasteiger partial charge in [-0.3, -0.25) is 4.79 Å². The van der Waals surface area contributed by atoms with Crippen LogP contribution in [0.25, 0.3) is 0 Å². The molecule has 0 atom stereocenters. The van der Waals surface area contributed by atoms with Gasteiger partial charge in [0.1, 0.15) is 0 Å². The first-order valence-electron chi connectivity index (χ1n) is 6.97. The van der Waals surface area contributed by atoms with Crippen LogP contribution < -0.4 is 15.5 Å². The van der Waals surface area contributed by atoms with Gasteiger partial charge in [0.2, 0.25) is 5.91 Å². The van der Waals surface area contributed by atoms with E-state index in [9.17, 15) is 4.79 Å². The highest BCUT2D eigenvalue weighted by atomic mass is 16.2. The monoisotopic (exact) mass is 261 g/mol. The predicted octanol–water partition coefficient (Wildman–Crippen LogP) is 1.29. The third-order valence-electron chi connectivity index (χ3n) is 3.53. The van der Waals surface area contributed by atoms with Gasteiger partial charge in [0.05, 0.1) is 0 Å². The zero-order valence-corrected chi connectivity index (χ0v) is 11.8. The Hall–Kier alpha value is -1.39. The molecule has 0 bridgehead atoms. The smallest absolute Gasteiger partial charge is 0.227 e. The number of hydrogen-bond donors (Lipinski definition) is 2. The van der Waals surface area contributed by atoms with E-state index in [2.05, 4.69) is 28.8 Å². The van der Waals surface area contributed by atoms with E-state index in [4.69, 9.17) is 0 Å². The molecular weight excluding hydrogens is 238 g/mol. The molecule has 0 radical (unpaired) electrons. The van der Waals surface area contributed by atoms with Crippen LogP contribution in [0, 0.1) is 0 Å². The van der Waals surface area contributed by atoms with Crippen molar-refractivity contribution in [2.75, 3.05) is 32.1 Å². The van der Waals surface area contributed by atoms with Crippen LogP contribution in [0.5, 0.6) is 0 Å². The average Bonchev–Trinajstić information content (AvgIpc) is 2.42. The molecule has 1 aliphatic rings. The fourth-order valence-electron chi connectivity index (χ4n) is 2.59. The van der Waals surface area contributed by atoms with Crippen LogP contribution in [-0.4, -0.2) is 33.1 Å². The van der Waals surface area contributed by atoms with Crippen molar-refractivity contribution in [3.05, 3.63) is 29.3 Å². The number of hydrogen-bond acceptors (Lipinski definition) is 3. The van der Waals surface area contributed by atoms with Gasteiger partial charge < -0.3 is 15.5 Å². The maximum Gasteiger partial charge on any atom is 0.227 e. The van der Waals surface area contributed by atoms with Gasteiger partial charge in [-0.1, -0.05) is 12.1 Å². The van der Waals surface area contributed by atoms with Gasteiger partial charge >= 0.3 is 0 Å². The quantitative estimate of drug-likeness (QED) is 0.759. The number of carbonyl (C=O) groups is 1. The fourth-order valence-corrected chi connectivity index (χ4v) is 2.59. The number of nitrogens with zero attached hydrogens (tertiary/aromatic N) is 1. The first-order chi connectivity index (χ1) is 9.26. The largest absolute Gasteiger partial charge is 0.320 e. The molecule has 1 heterocycles. The molecule has 0 unspecified atom stereocenters. The lowest BCUT2D eigenvalue weighted by Gasteiger charge is -2.30. The Balaban J connectivity index is 2.16. The van der Waals surface area contributed by atoms with Gasteiger partial charge in [-0.25, -0.2) is 0 Å². The van der Waals surface area contributed by atoms with E-state index in [1.807, 2.05) is 19.0 Å². The Kier molecular flexibility index (Phi) is 4.93. The van der Waals surface area contributed by atoms with Crippen molar-refractivity contribution < 1.29 is 4.79 Å². The number of aryl methyl sites for hydroxylation is 1. The molecule has 4 nitrogen and oxygen atoms in total. The zero-order chi connectivity index (χ0) is 13.7. The van der Waals surface area contributed by atoms with Crippen molar-refractivity contribution >= 4 is 11.6 Å². The summed E-state index contributed by atoms with van der Waals surface area (Å²) in [6.07, 6.45) is 2.49.